The van der Waals surface area contributed by atoms with Crippen LogP contribution in [0.2, 0.25) is 0 Å². The zero-order chi connectivity index (χ0) is 13.3. The van der Waals surface area contributed by atoms with E-state index in [1.807, 2.05) is 7.05 Å². The van der Waals surface area contributed by atoms with E-state index in [0.717, 1.165) is 23.4 Å². The number of nitrogens with one attached hydrogen (secondary N) is 2. The molecule has 1 aliphatic carbocycles. The van der Waals surface area contributed by atoms with Crippen molar-refractivity contribution in [1.82, 2.24) is 25.3 Å². The summed E-state index contributed by atoms with van der Waals surface area (Å²) in [6, 6.07) is 2.44. The SMILES string of the molecule is CNC(C#N)(CSc1ncnc2nc[nH]c12)C1CC1. The molecule has 98 valence electrons. The Hall–Kier alpha value is -1.65. The maximum absolute atomic E-state index is 9.46. The zero-order valence-electron chi connectivity index (χ0n) is 10.6. The average Bonchev–Trinajstić information content (AvgIpc) is 3.18. The lowest BCUT2D eigenvalue weighted by Crippen LogP contribution is -2.46. The number of aromatic nitrogens is 4. The van der Waals surface area contributed by atoms with E-state index in [4.69, 9.17) is 0 Å². The molecule has 1 aliphatic rings. The molecule has 2 aromatic heterocycles. The van der Waals surface area contributed by atoms with Crippen molar-refractivity contribution in [3.05, 3.63) is 12.7 Å². The van der Waals surface area contributed by atoms with Crippen molar-refractivity contribution in [2.45, 2.75) is 23.4 Å². The van der Waals surface area contributed by atoms with E-state index in [-0.39, 0.29) is 0 Å². The number of thioether (sulfide) groups is 1. The van der Waals surface area contributed by atoms with Crippen LogP contribution in [0.3, 0.4) is 0 Å². The Balaban J connectivity index is 1.82. The van der Waals surface area contributed by atoms with Crippen molar-refractivity contribution in [3.8, 4) is 6.07 Å². The predicted molar refractivity (Wildman–Crippen MR) is 72.5 cm³/mol. The van der Waals surface area contributed by atoms with Crippen molar-refractivity contribution >= 4 is 22.9 Å². The second-order valence-electron chi connectivity index (χ2n) is 4.68. The van der Waals surface area contributed by atoms with E-state index in [9.17, 15) is 5.26 Å². The minimum Gasteiger partial charge on any atom is -0.341 e. The van der Waals surface area contributed by atoms with Gasteiger partial charge in [-0.2, -0.15) is 5.26 Å². The van der Waals surface area contributed by atoms with Crippen LogP contribution in [0.5, 0.6) is 0 Å². The van der Waals surface area contributed by atoms with Crippen LogP contribution in [-0.2, 0) is 0 Å². The van der Waals surface area contributed by atoms with Gasteiger partial charge < -0.3 is 10.3 Å². The van der Waals surface area contributed by atoms with Gasteiger partial charge in [-0.3, -0.25) is 0 Å². The predicted octanol–water partition coefficient (Wildman–Crippen LogP) is 1.34. The van der Waals surface area contributed by atoms with Crippen molar-refractivity contribution in [2.75, 3.05) is 12.8 Å². The number of aromatic amines is 1. The van der Waals surface area contributed by atoms with Crippen LogP contribution >= 0.6 is 11.8 Å². The fourth-order valence-corrected chi connectivity index (χ4v) is 3.41. The maximum Gasteiger partial charge on any atom is 0.181 e. The third-order valence-corrected chi connectivity index (χ3v) is 4.73. The Morgan fingerprint density at radius 1 is 1.53 bits per heavy atom. The lowest BCUT2D eigenvalue weighted by molar-refractivity contribution is 0.441. The van der Waals surface area contributed by atoms with Crippen molar-refractivity contribution in [1.29, 1.82) is 5.26 Å². The minimum absolute atomic E-state index is 0.453. The molecular weight excluding hydrogens is 260 g/mol. The van der Waals surface area contributed by atoms with Crippen LogP contribution in [0.15, 0.2) is 17.7 Å². The van der Waals surface area contributed by atoms with Crippen LogP contribution in [0, 0.1) is 17.2 Å². The largest absolute Gasteiger partial charge is 0.341 e. The second kappa shape index (κ2) is 4.79. The van der Waals surface area contributed by atoms with Gasteiger partial charge in [0, 0.05) is 5.75 Å². The van der Waals surface area contributed by atoms with Crippen LogP contribution in [0.4, 0.5) is 0 Å². The number of imidazole rings is 1. The standard InChI is InChI=1S/C12H14N6S/c1-14-12(4-13,8-2-3-8)5-19-11-9-10(16-6-15-9)17-7-18-11/h6-8,14H,2-3,5H2,1H3,(H,15,16,17,18). The topological polar surface area (TPSA) is 90.3 Å². The Labute approximate surface area is 115 Å². The van der Waals surface area contributed by atoms with Gasteiger partial charge in [0.2, 0.25) is 0 Å². The molecule has 7 heteroatoms. The number of nitriles is 1. The average molecular weight is 274 g/mol. The molecule has 0 spiro atoms. The molecule has 19 heavy (non-hydrogen) atoms. The molecule has 3 rings (SSSR count). The summed E-state index contributed by atoms with van der Waals surface area (Å²) in [7, 11) is 1.86. The molecule has 0 aromatic carbocycles. The summed E-state index contributed by atoms with van der Waals surface area (Å²) in [5.41, 5.74) is 1.05. The van der Waals surface area contributed by atoms with Crippen molar-refractivity contribution in [2.24, 2.45) is 5.92 Å². The minimum atomic E-state index is -0.456. The number of hydrogen-bond acceptors (Lipinski definition) is 6. The van der Waals surface area contributed by atoms with Crippen LogP contribution in [-0.4, -0.2) is 38.3 Å². The fourth-order valence-electron chi connectivity index (χ4n) is 2.18. The van der Waals surface area contributed by atoms with Gasteiger partial charge in [-0.15, -0.1) is 11.8 Å². The molecule has 1 unspecified atom stereocenters. The zero-order valence-corrected chi connectivity index (χ0v) is 11.4. The molecule has 0 saturated heterocycles. The van der Waals surface area contributed by atoms with Gasteiger partial charge in [0.15, 0.2) is 5.65 Å². The number of H-pyrrole nitrogens is 1. The Kier molecular flexibility index (Phi) is 3.12. The van der Waals surface area contributed by atoms with Crippen molar-refractivity contribution in [3.63, 3.8) is 0 Å². The van der Waals surface area contributed by atoms with Gasteiger partial charge >= 0.3 is 0 Å². The first-order valence-corrected chi connectivity index (χ1v) is 7.14. The first-order chi connectivity index (χ1) is 9.29. The summed E-state index contributed by atoms with van der Waals surface area (Å²) in [6.07, 6.45) is 5.37. The number of fused-ring (bicyclic) bond motifs is 1. The summed E-state index contributed by atoms with van der Waals surface area (Å²) in [5, 5.41) is 13.5. The molecule has 0 aliphatic heterocycles. The highest BCUT2D eigenvalue weighted by Crippen LogP contribution is 2.42. The Morgan fingerprint density at radius 3 is 3.05 bits per heavy atom. The van der Waals surface area contributed by atoms with Gasteiger partial charge in [0.1, 0.15) is 22.4 Å². The van der Waals surface area contributed by atoms with E-state index < -0.39 is 5.54 Å². The van der Waals surface area contributed by atoms with Gasteiger partial charge in [-0.05, 0) is 25.8 Å². The molecule has 0 radical (unpaired) electrons. The van der Waals surface area contributed by atoms with E-state index in [2.05, 4.69) is 31.3 Å². The molecular formula is C12H14N6S. The molecule has 0 amide bonds. The maximum atomic E-state index is 9.46. The summed E-state index contributed by atoms with van der Waals surface area (Å²) >= 11 is 1.57. The summed E-state index contributed by atoms with van der Waals surface area (Å²) < 4.78 is 0. The highest BCUT2D eigenvalue weighted by atomic mass is 32.2. The first kappa shape index (κ1) is 12.4. The summed E-state index contributed by atoms with van der Waals surface area (Å²) in [6.45, 7) is 0. The molecule has 2 N–H and O–H groups in total. The molecule has 1 fully saturated rings. The smallest absolute Gasteiger partial charge is 0.181 e. The van der Waals surface area contributed by atoms with E-state index in [0.29, 0.717) is 17.3 Å². The Bertz CT molecular complexity index is 628. The Morgan fingerprint density at radius 2 is 2.37 bits per heavy atom. The van der Waals surface area contributed by atoms with Crippen LogP contribution in [0.1, 0.15) is 12.8 Å². The second-order valence-corrected chi connectivity index (χ2v) is 5.64. The molecule has 2 aromatic rings. The lowest BCUT2D eigenvalue weighted by Gasteiger charge is -2.25. The molecule has 6 nitrogen and oxygen atoms in total. The first-order valence-electron chi connectivity index (χ1n) is 6.16. The molecule has 1 saturated carbocycles. The van der Waals surface area contributed by atoms with Crippen molar-refractivity contribution < 1.29 is 0 Å². The third-order valence-electron chi connectivity index (χ3n) is 3.54. The van der Waals surface area contributed by atoms with Gasteiger partial charge in [-0.1, -0.05) is 0 Å². The summed E-state index contributed by atoms with van der Waals surface area (Å²) in [4.78, 5) is 15.5. The van der Waals surface area contributed by atoms with Gasteiger partial charge in [-0.25, -0.2) is 15.0 Å². The quantitative estimate of drug-likeness (QED) is 0.631. The van der Waals surface area contributed by atoms with E-state index >= 15 is 0 Å². The molecule has 2 heterocycles. The highest BCUT2D eigenvalue weighted by Gasteiger charge is 2.44. The lowest BCUT2D eigenvalue weighted by atomic mass is 9.98. The van der Waals surface area contributed by atoms with E-state index in [1.165, 1.54) is 6.33 Å². The van der Waals surface area contributed by atoms with Crippen LogP contribution in [0.25, 0.3) is 11.2 Å². The fraction of sp³-hybridized carbons (Fsp3) is 0.500. The monoisotopic (exact) mass is 274 g/mol. The van der Waals surface area contributed by atoms with E-state index in [1.54, 1.807) is 18.1 Å². The van der Waals surface area contributed by atoms with Gasteiger partial charge in [0.25, 0.3) is 0 Å². The highest BCUT2D eigenvalue weighted by molar-refractivity contribution is 7.99. The van der Waals surface area contributed by atoms with Gasteiger partial charge in [0.05, 0.1) is 12.4 Å². The number of hydrogen-bond donors (Lipinski definition) is 2. The molecule has 0 bridgehead atoms. The normalized spacial score (nSPS) is 18.1. The van der Waals surface area contributed by atoms with Crippen LogP contribution < -0.4 is 5.32 Å². The molecule has 1 atom stereocenters. The third kappa shape index (κ3) is 2.17. The number of rotatable bonds is 5. The summed E-state index contributed by atoms with van der Waals surface area (Å²) in [5.74, 6) is 1.13. The number of nitrogens with zero attached hydrogens (tertiary/aromatic N) is 4.